The summed E-state index contributed by atoms with van der Waals surface area (Å²) in [5.74, 6) is -0.500. The number of amides is 1. The molecule has 120 valence electrons. The summed E-state index contributed by atoms with van der Waals surface area (Å²) >= 11 is 9.24. The summed E-state index contributed by atoms with van der Waals surface area (Å²) in [6, 6.07) is 5.27. The molecule has 5 nitrogen and oxygen atoms in total. The van der Waals surface area contributed by atoms with E-state index >= 15 is 0 Å². The lowest BCUT2D eigenvalue weighted by atomic mass is 10.2. The average molecular weight is 391 g/mol. The standard InChI is InChI=1S/C15H17BrClNO4/c16-10-5-6-13(12(17)7-10)21-9-15(20)22-8-14(19)18-11-3-1-2-4-11/h5-7,11H,1-4,8-9H2,(H,18,19). The van der Waals surface area contributed by atoms with Crippen molar-refractivity contribution in [1.29, 1.82) is 0 Å². The minimum atomic E-state index is -0.611. The van der Waals surface area contributed by atoms with Gasteiger partial charge in [-0.2, -0.15) is 0 Å². The molecule has 1 aliphatic carbocycles. The van der Waals surface area contributed by atoms with Crippen LogP contribution < -0.4 is 10.1 Å². The monoisotopic (exact) mass is 389 g/mol. The molecule has 22 heavy (non-hydrogen) atoms. The zero-order valence-corrected chi connectivity index (χ0v) is 14.3. The van der Waals surface area contributed by atoms with Gasteiger partial charge >= 0.3 is 5.97 Å². The van der Waals surface area contributed by atoms with E-state index in [1.807, 2.05) is 0 Å². The lowest BCUT2D eigenvalue weighted by Crippen LogP contribution is -2.36. The maximum Gasteiger partial charge on any atom is 0.344 e. The van der Waals surface area contributed by atoms with Gasteiger partial charge in [0, 0.05) is 10.5 Å². The normalized spacial score (nSPS) is 14.6. The molecule has 0 saturated heterocycles. The molecule has 1 aromatic rings. The minimum Gasteiger partial charge on any atom is -0.480 e. The van der Waals surface area contributed by atoms with Crippen molar-refractivity contribution in [3.8, 4) is 5.75 Å². The number of hydrogen-bond acceptors (Lipinski definition) is 4. The topological polar surface area (TPSA) is 64.6 Å². The number of benzene rings is 1. The predicted octanol–water partition coefficient (Wildman–Crippen LogP) is 3.08. The van der Waals surface area contributed by atoms with Gasteiger partial charge < -0.3 is 14.8 Å². The van der Waals surface area contributed by atoms with Gasteiger partial charge in [-0.25, -0.2) is 4.79 Å². The molecule has 7 heteroatoms. The van der Waals surface area contributed by atoms with Gasteiger partial charge in [0.05, 0.1) is 5.02 Å². The van der Waals surface area contributed by atoms with E-state index in [1.54, 1.807) is 18.2 Å². The van der Waals surface area contributed by atoms with Gasteiger partial charge in [0.15, 0.2) is 13.2 Å². The number of rotatable bonds is 6. The van der Waals surface area contributed by atoms with E-state index < -0.39 is 5.97 Å². The molecular formula is C15H17BrClNO4. The third-order valence-electron chi connectivity index (χ3n) is 3.32. The highest BCUT2D eigenvalue weighted by molar-refractivity contribution is 9.10. The molecule has 0 spiro atoms. The summed E-state index contributed by atoms with van der Waals surface area (Å²) in [7, 11) is 0. The molecule has 0 heterocycles. The second-order valence-electron chi connectivity index (χ2n) is 5.07. The van der Waals surface area contributed by atoms with Crippen molar-refractivity contribution < 1.29 is 19.1 Å². The van der Waals surface area contributed by atoms with E-state index in [0.29, 0.717) is 10.8 Å². The zero-order chi connectivity index (χ0) is 15.9. The van der Waals surface area contributed by atoms with Crippen molar-refractivity contribution in [2.24, 2.45) is 0 Å². The van der Waals surface area contributed by atoms with Crippen LogP contribution in [0.2, 0.25) is 5.02 Å². The van der Waals surface area contributed by atoms with Crippen LogP contribution in [0.25, 0.3) is 0 Å². The lowest BCUT2D eigenvalue weighted by Gasteiger charge is -2.12. The Morgan fingerprint density at radius 2 is 2.00 bits per heavy atom. The van der Waals surface area contributed by atoms with Gasteiger partial charge in [-0.15, -0.1) is 0 Å². The Morgan fingerprint density at radius 3 is 2.68 bits per heavy atom. The molecule has 1 fully saturated rings. The second-order valence-corrected chi connectivity index (χ2v) is 6.40. The second kappa shape index (κ2) is 8.39. The van der Waals surface area contributed by atoms with Crippen molar-refractivity contribution in [3.63, 3.8) is 0 Å². The molecular weight excluding hydrogens is 374 g/mol. The summed E-state index contributed by atoms with van der Waals surface area (Å²) in [4.78, 5) is 23.2. The molecule has 2 rings (SSSR count). The van der Waals surface area contributed by atoms with Gasteiger partial charge in [0.1, 0.15) is 5.75 Å². The van der Waals surface area contributed by atoms with Crippen LogP contribution in [0.3, 0.4) is 0 Å². The Bertz CT molecular complexity index is 546. The molecule has 1 aliphatic rings. The number of esters is 1. The average Bonchev–Trinajstić information content (AvgIpc) is 2.97. The number of nitrogens with one attached hydrogen (secondary N) is 1. The first-order chi connectivity index (χ1) is 10.5. The Morgan fingerprint density at radius 1 is 1.27 bits per heavy atom. The van der Waals surface area contributed by atoms with E-state index in [-0.39, 0.29) is 25.2 Å². The quantitative estimate of drug-likeness (QED) is 0.758. The van der Waals surface area contributed by atoms with Crippen LogP contribution in [-0.2, 0) is 14.3 Å². The van der Waals surface area contributed by atoms with E-state index in [4.69, 9.17) is 21.1 Å². The summed E-state index contributed by atoms with van der Waals surface area (Å²) < 4.78 is 10.9. The number of carbonyl (C=O) groups is 2. The molecule has 1 aromatic carbocycles. The molecule has 1 N–H and O–H groups in total. The summed E-state index contributed by atoms with van der Waals surface area (Å²) in [5, 5.41) is 3.23. The highest BCUT2D eigenvalue weighted by Crippen LogP contribution is 2.27. The van der Waals surface area contributed by atoms with E-state index in [1.165, 1.54) is 0 Å². The maximum absolute atomic E-state index is 11.6. The summed E-state index contributed by atoms with van der Waals surface area (Å²) in [6.45, 7) is -0.579. The smallest absolute Gasteiger partial charge is 0.344 e. The Hall–Kier alpha value is -1.27. The van der Waals surface area contributed by atoms with E-state index in [0.717, 1.165) is 30.2 Å². The van der Waals surface area contributed by atoms with Crippen LogP contribution in [0.4, 0.5) is 0 Å². The van der Waals surface area contributed by atoms with Crippen LogP contribution in [0.15, 0.2) is 22.7 Å². The summed E-state index contributed by atoms with van der Waals surface area (Å²) in [6.07, 6.45) is 4.24. The number of hydrogen-bond donors (Lipinski definition) is 1. The van der Waals surface area contributed by atoms with Gasteiger partial charge in [-0.1, -0.05) is 40.4 Å². The van der Waals surface area contributed by atoms with E-state index in [2.05, 4.69) is 21.2 Å². The van der Waals surface area contributed by atoms with Gasteiger partial charge in [0.25, 0.3) is 5.91 Å². The molecule has 0 atom stereocenters. The fourth-order valence-corrected chi connectivity index (χ4v) is 2.98. The Labute approximate surface area is 142 Å². The van der Waals surface area contributed by atoms with Crippen molar-refractivity contribution in [2.75, 3.05) is 13.2 Å². The summed E-state index contributed by atoms with van der Waals surface area (Å²) in [5.41, 5.74) is 0. The van der Waals surface area contributed by atoms with Crippen LogP contribution in [0, 0.1) is 0 Å². The molecule has 1 amide bonds. The maximum atomic E-state index is 11.6. The number of ether oxygens (including phenoxy) is 2. The van der Waals surface area contributed by atoms with E-state index in [9.17, 15) is 9.59 Å². The Kier molecular flexibility index (Phi) is 6.51. The van der Waals surface area contributed by atoms with Crippen molar-refractivity contribution in [3.05, 3.63) is 27.7 Å². The number of halogens is 2. The third-order valence-corrected chi connectivity index (χ3v) is 4.11. The van der Waals surface area contributed by atoms with Crippen molar-refractivity contribution in [1.82, 2.24) is 5.32 Å². The van der Waals surface area contributed by atoms with Crippen LogP contribution in [0.1, 0.15) is 25.7 Å². The predicted molar refractivity (Wildman–Crippen MR) is 86.0 cm³/mol. The SMILES string of the molecule is O=C(COC(=O)COc1ccc(Br)cc1Cl)NC1CCCC1. The number of carbonyl (C=O) groups excluding carboxylic acids is 2. The minimum absolute atomic E-state index is 0.212. The highest BCUT2D eigenvalue weighted by Gasteiger charge is 2.18. The largest absolute Gasteiger partial charge is 0.480 e. The molecule has 1 saturated carbocycles. The molecule has 0 radical (unpaired) electrons. The van der Waals surface area contributed by atoms with Gasteiger partial charge in [0.2, 0.25) is 0 Å². The lowest BCUT2D eigenvalue weighted by molar-refractivity contribution is -0.150. The van der Waals surface area contributed by atoms with Crippen LogP contribution in [-0.4, -0.2) is 31.1 Å². The molecule has 0 aliphatic heterocycles. The molecule has 0 aromatic heterocycles. The fourth-order valence-electron chi connectivity index (χ4n) is 2.26. The zero-order valence-electron chi connectivity index (χ0n) is 11.9. The van der Waals surface area contributed by atoms with Crippen LogP contribution >= 0.6 is 27.5 Å². The molecule has 0 bridgehead atoms. The van der Waals surface area contributed by atoms with Crippen LogP contribution in [0.5, 0.6) is 5.75 Å². The molecule has 0 unspecified atom stereocenters. The van der Waals surface area contributed by atoms with Crippen molar-refractivity contribution >= 4 is 39.4 Å². The Balaban J connectivity index is 1.68. The first-order valence-electron chi connectivity index (χ1n) is 7.07. The van der Waals surface area contributed by atoms with Gasteiger partial charge in [-0.05, 0) is 31.0 Å². The van der Waals surface area contributed by atoms with Gasteiger partial charge in [-0.3, -0.25) is 4.79 Å². The first-order valence-corrected chi connectivity index (χ1v) is 8.24. The van der Waals surface area contributed by atoms with Crippen molar-refractivity contribution in [2.45, 2.75) is 31.7 Å². The highest BCUT2D eigenvalue weighted by atomic mass is 79.9. The fraction of sp³-hybridized carbons (Fsp3) is 0.467. The third kappa shape index (κ3) is 5.50. The first kappa shape index (κ1) is 17.1.